The van der Waals surface area contributed by atoms with Gasteiger partial charge in [-0.15, -0.1) is 0 Å². The highest BCUT2D eigenvalue weighted by atomic mass is 16.5. The lowest BCUT2D eigenvalue weighted by atomic mass is 10.1. The van der Waals surface area contributed by atoms with E-state index in [9.17, 15) is 19.2 Å². The molecule has 34 heavy (non-hydrogen) atoms. The van der Waals surface area contributed by atoms with Gasteiger partial charge in [-0.1, -0.05) is 12.1 Å². The number of carbonyl (C=O) groups is 2. The van der Waals surface area contributed by atoms with Gasteiger partial charge in [0.15, 0.2) is 0 Å². The summed E-state index contributed by atoms with van der Waals surface area (Å²) in [7, 11) is 3.08. The highest BCUT2D eigenvalue weighted by Crippen LogP contribution is 2.14. The van der Waals surface area contributed by atoms with E-state index in [2.05, 4.69) is 5.32 Å². The summed E-state index contributed by atoms with van der Waals surface area (Å²) in [6.07, 6.45) is 0. The molecule has 0 radical (unpaired) electrons. The maximum Gasteiger partial charge on any atom is 0.371 e. The van der Waals surface area contributed by atoms with Crippen molar-refractivity contribution in [3.8, 4) is 5.75 Å². The topological polar surface area (TPSA) is 133 Å². The minimum Gasteiger partial charge on any atom is -0.497 e. The summed E-state index contributed by atoms with van der Waals surface area (Å²) in [6.45, 7) is 0.0331. The van der Waals surface area contributed by atoms with Crippen molar-refractivity contribution in [1.29, 1.82) is 0 Å². The maximum atomic E-state index is 13.1. The predicted molar refractivity (Wildman–Crippen MR) is 122 cm³/mol. The molecule has 10 nitrogen and oxygen atoms in total. The molecule has 0 bridgehead atoms. The Morgan fingerprint density at radius 2 is 1.79 bits per heavy atom. The number of aryl methyl sites for hydroxylation is 1. The molecule has 0 atom stereocenters. The molecular weight excluding hydrogens is 442 g/mol. The van der Waals surface area contributed by atoms with Crippen molar-refractivity contribution in [3.05, 3.63) is 98.1 Å². The van der Waals surface area contributed by atoms with Crippen LogP contribution >= 0.6 is 0 Å². The van der Waals surface area contributed by atoms with Gasteiger partial charge in [-0.2, -0.15) is 0 Å². The second kappa shape index (κ2) is 9.10. The third kappa shape index (κ3) is 4.33. The normalized spacial score (nSPS) is 10.9. The summed E-state index contributed by atoms with van der Waals surface area (Å²) >= 11 is 0. The van der Waals surface area contributed by atoms with E-state index in [1.807, 2.05) is 12.1 Å². The molecule has 0 saturated carbocycles. The van der Waals surface area contributed by atoms with E-state index in [0.29, 0.717) is 11.3 Å². The fourth-order valence-corrected chi connectivity index (χ4v) is 3.56. The Morgan fingerprint density at radius 1 is 1.06 bits per heavy atom. The number of amides is 1. The fourth-order valence-electron chi connectivity index (χ4n) is 3.56. The minimum absolute atomic E-state index is 0.143. The van der Waals surface area contributed by atoms with Crippen LogP contribution in [-0.2, 0) is 20.1 Å². The number of nitrogens with one attached hydrogen (secondary N) is 1. The van der Waals surface area contributed by atoms with Crippen molar-refractivity contribution < 1.29 is 23.8 Å². The Balaban J connectivity index is 1.63. The number of carboxylic acid groups (broad SMARTS) is 1. The summed E-state index contributed by atoms with van der Waals surface area (Å²) in [4.78, 5) is 49.6. The van der Waals surface area contributed by atoms with Gasteiger partial charge in [0.25, 0.3) is 11.5 Å². The van der Waals surface area contributed by atoms with Crippen LogP contribution in [-0.4, -0.2) is 33.2 Å². The number of hydrogen-bond acceptors (Lipinski definition) is 6. The number of carboxylic acids is 1. The number of fused-ring (bicyclic) bond motifs is 1. The number of rotatable bonds is 7. The Morgan fingerprint density at radius 3 is 2.44 bits per heavy atom. The van der Waals surface area contributed by atoms with E-state index in [-0.39, 0.29) is 41.5 Å². The number of aromatic nitrogens is 2. The molecule has 2 N–H and O–H groups in total. The highest BCUT2D eigenvalue weighted by molar-refractivity contribution is 5.97. The molecule has 1 amide bonds. The molecule has 4 rings (SSSR count). The van der Waals surface area contributed by atoms with Crippen LogP contribution in [0.4, 0.5) is 0 Å². The van der Waals surface area contributed by atoms with E-state index in [4.69, 9.17) is 14.3 Å². The largest absolute Gasteiger partial charge is 0.497 e. The van der Waals surface area contributed by atoms with Gasteiger partial charge in [0, 0.05) is 19.2 Å². The molecule has 0 aliphatic heterocycles. The van der Waals surface area contributed by atoms with Crippen LogP contribution in [0.2, 0.25) is 0 Å². The van der Waals surface area contributed by atoms with E-state index < -0.39 is 17.2 Å². The van der Waals surface area contributed by atoms with Crippen molar-refractivity contribution in [2.45, 2.75) is 13.1 Å². The third-order valence-electron chi connectivity index (χ3n) is 5.41. The zero-order valence-electron chi connectivity index (χ0n) is 18.4. The number of furan rings is 1. The number of carbonyl (C=O) groups excluding carboxylic acids is 1. The van der Waals surface area contributed by atoms with Crippen LogP contribution in [0.1, 0.15) is 32.2 Å². The quantitative estimate of drug-likeness (QED) is 0.428. The van der Waals surface area contributed by atoms with E-state index in [1.54, 1.807) is 31.4 Å². The van der Waals surface area contributed by atoms with Crippen molar-refractivity contribution in [1.82, 2.24) is 14.5 Å². The summed E-state index contributed by atoms with van der Waals surface area (Å²) in [5, 5.41) is 12.0. The molecule has 174 valence electrons. The third-order valence-corrected chi connectivity index (χ3v) is 5.41. The van der Waals surface area contributed by atoms with Gasteiger partial charge in [-0.05, 0) is 48.0 Å². The molecule has 10 heteroatoms. The lowest BCUT2D eigenvalue weighted by molar-refractivity contribution is 0.0660. The van der Waals surface area contributed by atoms with Crippen LogP contribution in [0.25, 0.3) is 10.9 Å². The number of aromatic carboxylic acids is 1. The molecule has 0 saturated heterocycles. The Hall–Kier alpha value is -4.60. The average Bonchev–Trinajstić information content (AvgIpc) is 3.33. The van der Waals surface area contributed by atoms with Crippen LogP contribution in [0.3, 0.4) is 0 Å². The Bertz CT molecular complexity index is 1510. The lowest BCUT2D eigenvalue weighted by Crippen LogP contribution is -2.39. The molecule has 0 unspecified atom stereocenters. The molecule has 0 aliphatic carbocycles. The fraction of sp³-hybridized carbons (Fsp3) is 0.167. The molecule has 4 aromatic rings. The predicted octanol–water partition coefficient (Wildman–Crippen LogP) is 1.98. The Kier molecular flexibility index (Phi) is 6.05. The van der Waals surface area contributed by atoms with Crippen LogP contribution in [0.15, 0.2) is 68.6 Å². The number of nitrogens with zero attached hydrogens (tertiary/aromatic N) is 2. The maximum absolute atomic E-state index is 13.1. The van der Waals surface area contributed by atoms with Gasteiger partial charge in [-0.25, -0.2) is 9.59 Å². The molecule has 0 fully saturated rings. The van der Waals surface area contributed by atoms with Gasteiger partial charge in [0.1, 0.15) is 11.5 Å². The van der Waals surface area contributed by atoms with Gasteiger partial charge >= 0.3 is 11.7 Å². The minimum atomic E-state index is -1.25. The Labute approximate surface area is 192 Å². The van der Waals surface area contributed by atoms with E-state index in [0.717, 1.165) is 10.1 Å². The van der Waals surface area contributed by atoms with Crippen molar-refractivity contribution in [2.75, 3.05) is 7.11 Å². The van der Waals surface area contributed by atoms with Gasteiger partial charge < -0.3 is 19.6 Å². The summed E-state index contributed by atoms with van der Waals surface area (Å²) in [6, 6.07) is 14.4. The first-order chi connectivity index (χ1) is 16.3. The molecular formula is C24H21N3O7. The van der Waals surface area contributed by atoms with Crippen molar-refractivity contribution >= 4 is 22.8 Å². The lowest BCUT2D eigenvalue weighted by Gasteiger charge is -2.11. The van der Waals surface area contributed by atoms with E-state index >= 15 is 0 Å². The summed E-state index contributed by atoms with van der Waals surface area (Å²) in [5.74, 6) is -1.08. The average molecular weight is 463 g/mol. The number of benzene rings is 2. The first kappa shape index (κ1) is 22.6. The van der Waals surface area contributed by atoms with Crippen LogP contribution in [0, 0.1) is 0 Å². The first-order valence-corrected chi connectivity index (χ1v) is 10.2. The zero-order valence-corrected chi connectivity index (χ0v) is 18.4. The molecule has 2 heterocycles. The SMILES string of the molecule is COc1ccc(CNC(=O)c2ccc3c(c2)c(=O)n(Cc2ccc(C(=O)O)o2)c(=O)n3C)cc1. The highest BCUT2D eigenvalue weighted by Gasteiger charge is 2.16. The number of ether oxygens (including phenoxy) is 1. The summed E-state index contributed by atoms with van der Waals surface area (Å²) in [5.41, 5.74) is 0.288. The standard InChI is InChI=1S/C24H21N3O7/c1-26-19-9-5-15(21(28)25-12-14-3-6-16(33-2)7-4-14)11-18(19)22(29)27(24(26)32)13-17-8-10-20(34-17)23(30)31/h3-11H,12-13H2,1-2H3,(H,25,28)(H,30,31). The van der Waals surface area contributed by atoms with Crippen molar-refractivity contribution in [2.24, 2.45) is 7.05 Å². The van der Waals surface area contributed by atoms with Crippen LogP contribution in [0.5, 0.6) is 5.75 Å². The van der Waals surface area contributed by atoms with Gasteiger partial charge in [-0.3, -0.25) is 18.7 Å². The van der Waals surface area contributed by atoms with Crippen LogP contribution < -0.4 is 21.3 Å². The number of hydrogen-bond donors (Lipinski definition) is 2. The summed E-state index contributed by atoms with van der Waals surface area (Å²) < 4.78 is 12.5. The number of methoxy groups -OCH3 is 1. The smallest absolute Gasteiger partial charge is 0.371 e. The van der Waals surface area contributed by atoms with E-state index in [1.165, 1.54) is 29.8 Å². The molecule has 2 aromatic carbocycles. The monoisotopic (exact) mass is 463 g/mol. The van der Waals surface area contributed by atoms with Crippen molar-refractivity contribution in [3.63, 3.8) is 0 Å². The molecule has 0 spiro atoms. The van der Waals surface area contributed by atoms with Gasteiger partial charge in [0.05, 0.1) is 24.6 Å². The molecule has 0 aliphatic rings. The second-order valence-electron chi connectivity index (χ2n) is 7.57. The first-order valence-electron chi connectivity index (χ1n) is 10.2. The second-order valence-corrected chi connectivity index (χ2v) is 7.57. The molecule has 2 aromatic heterocycles. The van der Waals surface area contributed by atoms with Gasteiger partial charge in [0.2, 0.25) is 5.76 Å². The zero-order chi connectivity index (χ0) is 24.4.